The Bertz CT molecular complexity index is 205. The molecule has 0 radical (unpaired) electrons. The van der Waals surface area contributed by atoms with Crippen molar-refractivity contribution in [3.05, 3.63) is 0 Å². The van der Waals surface area contributed by atoms with Crippen molar-refractivity contribution in [1.29, 1.82) is 0 Å². The fourth-order valence-corrected chi connectivity index (χ4v) is 1.16. The molecule has 6 nitrogen and oxygen atoms in total. The first-order chi connectivity index (χ1) is 5.99. The zero-order valence-corrected chi connectivity index (χ0v) is 8.41. The van der Waals surface area contributed by atoms with Crippen LogP contribution in [0.25, 0.3) is 0 Å². The zero-order chi connectivity index (χ0) is 10.3. The standard InChI is InChI=1S/C6H14O6S/c1-10-3-6(4-11-2)5-12-13(7,8)9/h6H,3-5H2,1-2H3,(H,7,8,9). The van der Waals surface area contributed by atoms with Crippen LogP contribution >= 0.6 is 0 Å². The molecule has 0 aromatic heterocycles. The van der Waals surface area contributed by atoms with Crippen LogP contribution < -0.4 is 0 Å². The molecule has 80 valence electrons. The minimum absolute atomic E-state index is 0.152. The average Bonchev–Trinajstić information content (AvgIpc) is 2.00. The second-order valence-corrected chi connectivity index (χ2v) is 3.58. The minimum Gasteiger partial charge on any atom is -0.384 e. The number of methoxy groups -OCH3 is 2. The molecule has 0 atom stereocenters. The van der Waals surface area contributed by atoms with Crippen molar-refractivity contribution in [2.45, 2.75) is 0 Å². The molecule has 0 fully saturated rings. The minimum atomic E-state index is -4.37. The van der Waals surface area contributed by atoms with Crippen LogP contribution in [0.1, 0.15) is 0 Å². The van der Waals surface area contributed by atoms with Crippen LogP contribution in [0.15, 0.2) is 0 Å². The molecule has 0 rings (SSSR count). The molecule has 0 aliphatic heterocycles. The third-order valence-corrected chi connectivity index (χ3v) is 1.69. The molecule has 0 aliphatic rings. The van der Waals surface area contributed by atoms with E-state index in [1.807, 2.05) is 0 Å². The first-order valence-electron chi connectivity index (χ1n) is 3.59. The summed E-state index contributed by atoms with van der Waals surface area (Å²) in [5, 5.41) is 0. The summed E-state index contributed by atoms with van der Waals surface area (Å²) in [5.74, 6) is -0.211. The van der Waals surface area contributed by atoms with Gasteiger partial charge in [0.25, 0.3) is 0 Å². The predicted molar refractivity (Wildman–Crippen MR) is 44.7 cm³/mol. The Kier molecular flexibility index (Phi) is 6.17. The van der Waals surface area contributed by atoms with E-state index < -0.39 is 10.4 Å². The quantitative estimate of drug-likeness (QED) is 0.587. The van der Waals surface area contributed by atoms with Crippen molar-refractivity contribution in [3.63, 3.8) is 0 Å². The summed E-state index contributed by atoms with van der Waals surface area (Å²) in [5.41, 5.74) is 0. The molecule has 0 bridgehead atoms. The zero-order valence-electron chi connectivity index (χ0n) is 7.60. The highest BCUT2D eigenvalue weighted by molar-refractivity contribution is 7.80. The van der Waals surface area contributed by atoms with Crippen molar-refractivity contribution < 1.29 is 26.6 Å². The van der Waals surface area contributed by atoms with Crippen molar-refractivity contribution in [2.24, 2.45) is 5.92 Å². The lowest BCUT2D eigenvalue weighted by Crippen LogP contribution is -2.22. The van der Waals surface area contributed by atoms with Gasteiger partial charge < -0.3 is 9.47 Å². The fourth-order valence-electron chi connectivity index (χ4n) is 0.798. The summed E-state index contributed by atoms with van der Waals surface area (Å²) in [6, 6.07) is 0. The highest BCUT2D eigenvalue weighted by Crippen LogP contribution is 2.01. The number of ether oxygens (including phenoxy) is 2. The topological polar surface area (TPSA) is 82.1 Å². The van der Waals surface area contributed by atoms with E-state index in [0.717, 1.165) is 0 Å². The van der Waals surface area contributed by atoms with Gasteiger partial charge in [0.15, 0.2) is 0 Å². The molecular formula is C6H14O6S. The van der Waals surface area contributed by atoms with E-state index in [4.69, 9.17) is 14.0 Å². The summed E-state index contributed by atoms with van der Waals surface area (Å²) in [6.07, 6.45) is 0. The Hall–Kier alpha value is -0.210. The lowest BCUT2D eigenvalue weighted by Gasteiger charge is -2.13. The Morgan fingerprint density at radius 2 is 1.62 bits per heavy atom. The first-order valence-corrected chi connectivity index (χ1v) is 4.95. The Morgan fingerprint density at radius 1 is 1.15 bits per heavy atom. The molecule has 7 heteroatoms. The van der Waals surface area contributed by atoms with E-state index in [0.29, 0.717) is 13.2 Å². The maximum Gasteiger partial charge on any atom is 0.397 e. The Morgan fingerprint density at radius 3 is 1.92 bits per heavy atom. The van der Waals surface area contributed by atoms with Gasteiger partial charge in [0.2, 0.25) is 0 Å². The summed E-state index contributed by atoms with van der Waals surface area (Å²) < 4.78 is 42.4. The van der Waals surface area contributed by atoms with Crippen molar-refractivity contribution in [1.82, 2.24) is 0 Å². The predicted octanol–water partition coefficient (Wildman–Crippen LogP) is -0.285. The smallest absolute Gasteiger partial charge is 0.384 e. The molecule has 0 saturated carbocycles. The van der Waals surface area contributed by atoms with Crippen LogP contribution in [0.2, 0.25) is 0 Å². The maximum atomic E-state index is 10.2. The largest absolute Gasteiger partial charge is 0.397 e. The van der Waals surface area contributed by atoms with E-state index in [9.17, 15) is 8.42 Å². The second kappa shape index (κ2) is 6.28. The van der Waals surface area contributed by atoms with Crippen LogP contribution in [-0.2, 0) is 24.1 Å². The van der Waals surface area contributed by atoms with Crippen molar-refractivity contribution in [2.75, 3.05) is 34.0 Å². The van der Waals surface area contributed by atoms with Gasteiger partial charge in [-0.15, -0.1) is 0 Å². The third kappa shape index (κ3) is 8.13. The van der Waals surface area contributed by atoms with Gasteiger partial charge in [0.1, 0.15) is 0 Å². The lowest BCUT2D eigenvalue weighted by molar-refractivity contribution is 0.0566. The second-order valence-electron chi connectivity index (χ2n) is 2.49. The monoisotopic (exact) mass is 214 g/mol. The average molecular weight is 214 g/mol. The van der Waals surface area contributed by atoms with Gasteiger partial charge >= 0.3 is 10.4 Å². The molecule has 0 unspecified atom stereocenters. The molecule has 0 aromatic rings. The van der Waals surface area contributed by atoms with Crippen LogP contribution in [0, 0.1) is 5.92 Å². The van der Waals surface area contributed by atoms with E-state index in [1.165, 1.54) is 14.2 Å². The summed E-state index contributed by atoms with van der Waals surface area (Å²) >= 11 is 0. The van der Waals surface area contributed by atoms with Crippen LogP contribution in [0.3, 0.4) is 0 Å². The van der Waals surface area contributed by atoms with Gasteiger partial charge in [-0.3, -0.25) is 4.55 Å². The highest BCUT2D eigenvalue weighted by atomic mass is 32.3. The van der Waals surface area contributed by atoms with E-state index >= 15 is 0 Å². The molecular weight excluding hydrogens is 200 g/mol. The van der Waals surface area contributed by atoms with Crippen molar-refractivity contribution >= 4 is 10.4 Å². The Labute approximate surface area is 77.7 Å². The lowest BCUT2D eigenvalue weighted by atomic mass is 10.2. The number of rotatable bonds is 7. The van der Waals surface area contributed by atoms with Crippen molar-refractivity contribution in [3.8, 4) is 0 Å². The SMILES string of the molecule is COCC(COC)COS(=O)(=O)O. The van der Waals surface area contributed by atoms with Gasteiger partial charge in [-0.25, -0.2) is 4.18 Å². The number of hydrogen-bond donors (Lipinski definition) is 1. The van der Waals surface area contributed by atoms with Crippen LogP contribution in [-0.4, -0.2) is 47.0 Å². The molecule has 0 aromatic carbocycles. The number of hydrogen-bond acceptors (Lipinski definition) is 5. The normalized spacial score (nSPS) is 12.3. The first kappa shape index (κ1) is 12.8. The van der Waals surface area contributed by atoms with E-state index in [-0.39, 0.29) is 12.5 Å². The molecule has 0 saturated heterocycles. The molecule has 0 heterocycles. The fraction of sp³-hybridized carbons (Fsp3) is 1.00. The maximum absolute atomic E-state index is 10.2. The third-order valence-electron chi connectivity index (χ3n) is 1.26. The van der Waals surface area contributed by atoms with Crippen LogP contribution in [0.5, 0.6) is 0 Å². The molecule has 0 amide bonds. The molecule has 1 N–H and O–H groups in total. The summed E-state index contributed by atoms with van der Waals surface area (Å²) in [6.45, 7) is 0.466. The molecule has 0 spiro atoms. The molecule has 0 aliphatic carbocycles. The highest BCUT2D eigenvalue weighted by Gasteiger charge is 2.13. The summed E-state index contributed by atoms with van der Waals surface area (Å²) in [7, 11) is -1.40. The van der Waals surface area contributed by atoms with Gasteiger partial charge in [-0.1, -0.05) is 0 Å². The van der Waals surface area contributed by atoms with Gasteiger partial charge in [0, 0.05) is 20.1 Å². The van der Waals surface area contributed by atoms with E-state index in [1.54, 1.807) is 0 Å². The van der Waals surface area contributed by atoms with Gasteiger partial charge in [0.05, 0.1) is 19.8 Å². The van der Waals surface area contributed by atoms with Gasteiger partial charge in [-0.2, -0.15) is 8.42 Å². The summed E-state index contributed by atoms with van der Waals surface area (Å²) in [4.78, 5) is 0. The Balaban J connectivity index is 3.81. The van der Waals surface area contributed by atoms with E-state index in [2.05, 4.69) is 4.18 Å². The van der Waals surface area contributed by atoms with Gasteiger partial charge in [-0.05, 0) is 0 Å². The molecule has 13 heavy (non-hydrogen) atoms. The van der Waals surface area contributed by atoms with Crippen LogP contribution in [0.4, 0.5) is 0 Å².